The number of ketones is 1. The van der Waals surface area contributed by atoms with Gasteiger partial charge in [-0.05, 0) is 42.3 Å². The van der Waals surface area contributed by atoms with Crippen LogP contribution in [0, 0.1) is 0 Å². The monoisotopic (exact) mass is 437 g/mol. The molecule has 0 aliphatic carbocycles. The summed E-state index contributed by atoms with van der Waals surface area (Å²) < 4.78 is 0. The minimum atomic E-state index is 0.105. The lowest BCUT2D eigenvalue weighted by molar-refractivity contribution is 0.0983. The first kappa shape index (κ1) is 20.2. The minimum Gasteiger partial charge on any atom is -0.340 e. The summed E-state index contributed by atoms with van der Waals surface area (Å²) in [6.07, 6.45) is 4.76. The predicted octanol–water partition coefficient (Wildman–Crippen LogP) is 7.00. The summed E-state index contributed by atoms with van der Waals surface area (Å²) in [6.45, 7) is 0. The van der Waals surface area contributed by atoms with Gasteiger partial charge in [-0.25, -0.2) is 4.98 Å². The number of hydrogen-bond acceptors (Lipinski definition) is 4. The van der Waals surface area contributed by atoms with Crippen LogP contribution in [0.3, 0.4) is 0 Å². The number of nitrogens with zero attached hydrogens (tertiary/aromatic N) is 2. The average Bonchev–Trinajstić information content (AvgIpc) is 2.83. The second-order valence-corrected chi connectivity index (χ2v) is 8.09. The zero-order valence-electron chi connectivity index (χ0n) is 17.3. The van der Waals surface area contributed by atoms with E-state index in [2.05, 4.69) is 10.3 Å². The standard InChI is InChI=1S/C27H20ClN3O/c28-20-7-4-8-21(16-20)30-27-23-13-14-29-17-24(23)22-11-10-19(15-25(22)31-27)26(32)12-9-18-5-2-1-3-6-18/h1-8,10-11,13-17H,9,12H2,(H,30,31). The molecular formula is C27H20ClN3O. The first-order chi connectivity index (χ1) is 15.7. The molecule has 5 heteroatoms. The Morgan fingerprint density at radius 3 is 2.59 bits per heavy atom. The van der Waals surface area contributed by atoms with Crippen LogP contribution in [0.25, 0.3) is 21.7 Å². The molecule has 0 unspecified atom stereocenters. The molecule has 1 N–H and O–H groups in total. The molecule has 0 spiro atoms. The van der Waals surface area contributed by atoms with Crippen LogP contribution in [-0.2, 0) is 6.42 Å². The molecule has 0 bridgehead atoms. The highest BCUT2D eigenvalue weighted by molar-refractivity contribution is 6.30. The van der Waals surface area contributed by atoms with Crippen molar-refractivity contribution in [2.75, 3.05) is 5.32 Å². The summed E-state index contributed by atoms with van der Waals surface area (Å²) >= 11 is 6.15. The van der Waals surface area contributed by atoms with Crippen molar-refractivity contribution < 1.29 is 4.79 Å². The molecule has 4 nitrogen and oxygen atoms in total. The Morgan fingerprint density at radius 2 is 1.75 bits per heavy atom. The smallest absolute Gasteiger partial charge is 0.163 e. The maximum Gasteiger partial charge on any atom is 0.163 e. The van der Waals surface area contributed by atoms with Gasteiger partial charge in [0.25, 0.3) is 0 Å². The molecule has 3 aromatic carbocycles. The van der Waals surface area contributed by atoms with E-state index in [1.165, 1.54) is 0 Å². The van der Waals surface area contributed by atoms with Gasteiger partial charge in [0.15, 0.2) is 5.78 Å². The molecule has 0 fully saturated rings. The zero-order chi connectivity index (χ0) is 21.9. The molecule has 0 radical (unpaired) electrons. The number of aromatic nitrogens is 2. The number of benzene rings is 3. The molecule has 2 aromatic heterocycles. The first-order valence-electron chi connectivity index (χ1n) is 10.4. The maximum atomic E-state index is 12.9. The van der Waals surface area contributed by atoms with Crippen molar-refractivity contribution >= 4 is 50.6 Å². The van der Waals surface area contributed by atoms with Crippen LogP contribution in [0.5, 0.6) is 0 Å². The summed E-state index contributed by atoms with van der Waals surface area (Å²) in [5.74, 6) is 0.805. The number of hydrogen-bond donors (Lipinski definition) is 1. The van der Waals surface area contributed by atoms with Gasteiger partial charge >= 0.3 is 0 Å². The van der Waals surface area contributed by atoms with E-state index in [9.17, 15) is 4.79 Å². The molecule has 2 heterocycles. The maximum absolute atomic E-state index is 12.9. The molecule has 0 aliphatic heterocycles. The third kappa shape index (κ3) is 4.18. The molecule has 5 rings (SSSR count). The molecule has 0 saturated heterocycles. The minimum absolute atomic E-state index is 0.105. The summed E-state index contributed by atoms with van der Waals surface area (Å²) in [5.41, 5.74) is 3.42. The van der Waals surface area contributed by atoms with Crippen LogP contribution in [0.2, 0.25) is 5.02 Å². The fraction of sp³-hybridized carbons (Fsp3) is 0.0741. The average molecular weight is 438 g/mol. The largest absolute Gasteiger partial charge is 0.340 e. The van der Waals surface area contributed by atoms with Crippen LogP contribution in [0.1, 0.15) is 22.3 Å². The van der Waals surface area contributed by atoms with Gasteiger partial charge in [-0.3, -0.25) is 9.78 Å². The number of rotatable bonds is 6. The third-order valence-electron chi connectivity index (χ3n) is 5.49. The van der Waals surface area contributed by atoms with Gasteiger partial charge in [-0.2, -0.15) is 0 Å². The number of fused-ring (bicyclic) bond motifs is 3. The Labute approximate surface area is 190 Å². The fourth-order valence-electron chi connectivity index (χ4n) is 3.87. The van der Waals surface area contributed by atoms with E-state index in [0.717, 1.165) is 32.9 Å². The number of aryl methyl sites for hydroxylation is 1. The van der Waals surface area contributed by atoms with Crippen molar-refractivity contribution in [3.05, 3.63) is 107 Å². The lowest BCUT2D eigenvalue weighted by Crippen LogP contribution is -2.02. The van der Waals surface area contributed by atoms with E-state index >= 15 is 0 Å². The molecule has 156 valence electrons. The lowest BCUT2D eigenvalue weighted by atomic mass is 10.00. The highest BCUT2D eigenvalue weighted by Gasteiger charge is 2.13. The summed E-state index contributed by atoms with van der Waals surface area (Å²) in [7, 11) is 0. The number of Topliss-reactive ketones (excluding diaryl/α,β-unsaturated/α-hetero) is 1. The normalized spacial score (nSPS) is 11.0. The zero-order valence-corrected chi connectivity index (χ0v) is 18.0. The van der Waals surface area contributed by atoms with Crippen molar-refractivity contribution in [2.24, 2.45) is 0 Å². The van der Waals surface area contributed by atoms with Crippen molar-refractivity contribution in [3.63, 3.8) is 0 Å². The van der Waals surface area contributed by atoms with E-state index < -0.39 is 0 Å². The van der Waals surface area contributed by atoms with Gasteiger partial charge in [0, 0.05) is 51.2 Å². The van der Waals surface area contributed by atoms with E-state index in [1.807, 2.05) is 85.1 Å². The Balaban J connectivity index is 1.52. The van der Waals surface area contributed by atoms with Gasteiger partial charge in [-0.15, -0.1) is 0 Å². The number of carbonyl (C=O) groups is 1. The quantitative estimate of drug-likeness (QED) is 0.229. The van der Waals surface area contributed by atoms with Crippen molar-refractivity contribution in [2.45, 2.75) is 12.8 Å². The molecule has 0 amide bonds. The van der Waals surface area contributed by atoms with E-state index in [4.69, 9.17) is 16.6 Å². The van der Waals surface area contributed by atoms with Gasteiger partial charge in [-0.1, -0.05) is 60.1 Å². The Hall–Kier alpha value is -3.76. The van der Waals surface area contributed by atoms with Crippen molar-refractivity contribution in [1.29, 1.82) is 0 Å². The highest BCUT2D eigenvalue weighted by Crippen LogP contribution is 2.31. The Bertz CT molecular complexity index is 1430. The summed E-state index contributed by atoms with van der Waals surface area (Å²) in [6, 6.07) is 25.2. The lowest BCUT2D eigenvalue weighted by Gasteiger charge is -2.12. The number of halogens is 1. The highest BCUT2D eigenvalue weighted by atomic mass is 35.5. The second kappa shape index (κ2) is 8.77. The van der Waals surface area contributed by atoms with Crippen molar-refractivity contribution in [3.8, 4) is 0 Å². The van der Waals surface area contributed by atoms with Crippen LogP contribution in [-0.4, -0.2) is 15.8 Å². The summed E-state index contributed by atoms with van der Waals surface area (Å²) in [4.78, 5) is 22.0. The van der Waals surface area contributed by atoms with Gasteiger partial charge in [0.1, 0.15) is 5.82 Å². The Kier molecular flexibility index (Phi) is 5.53. The number of anilines is 2. The molecule has 0 aliphatic rings. The molecule has 32 heavy (non-hydrogen) atoms. The van der Waals surface area contributed by atoms with Gasteiger partial charge < -0.3 is 5.32 Å². The number of carbonyl (C=O) groups excluding carboxylic acids is 1. The van der Waals surface area contributed by atoms with Crippen molar-refractivity contribution in [1.82, 2.24) is 9.97 Å². The van der Waals surface area contributed by atoms with Gasteiger partial charge in [0.2, 0.25) is 0 Å². The molecular weight excluding hydrogens is 418 g/mol. The SMILES string of the molecule is O=C(CCc1ccccc1)c1ccc2c(c1)nc(Nc1cccc(Cl)c1)c1ccncc12. The second-order valence-electron chi connectivity index (χ2n) is 7.66. The van der Waals surface area contributed by atoms with Gasteiger partial charge in [0.05, 0.1) is 5.52 Å². The summed E-state index contributed by atoms with van der Waals surface area (Å²) in [5, 5.41) is 6.91. The molecule has 0 atom stereocenters. The third-order valence-corrected chi connectivity index (χ3v) is 5.72. The molecule has 5 aromatic rings. The fourth-order valence-corrected chi connectivity index (χ4v) is 4.06. The number of pyridine rings is 2. The topological polar surface area (TPSA) is 54.9 Å². The van der Waals surface area contributed by atoms with E-state index in [1.54, 1.807) is 6.20 Å². The van der Waals surface area contributed by atoms with Crippen LogP contribution in [0.4, 0.5) is 11.5 Å². The predicted molar refractivity (Wildman–Crippen MR) is 131 cm³/mol. The number of nitrogens with one attached hydrogen (secondary N) is 1. The van der Waals surface area contributed by atoms with Crippen LogP contribution >= 0.6 is 11.6 Å². The Morgan fingerprint density at radius 1 is 0.875 bits per heavy atom. The van der Waals surface area contributed by atoms with Crippen LogP contribution in [0.15, 0.2) is 91.3 Å². The molecule has 0 saturated carbocycles. The van der Waals surface area contributed by atoms with E-state index in [-0.39, 0.29) is 5.78 Å². The van der Waals surface area contributed by atoms with E-state index in [0.29, 0.717) is 29.2 Å². The first-order valence-corrected chi connectivity index (χ1v) is 10.8. The van der Waals surface area contributed by atoms with Crippen LogP contribution < -0.4 is 5.32 Å².